The molecule has 3 aromatic rings. The van der Waals surface area contributed by atoms with Crippen LogP contribution in [0.4, 0.5) is 0 Å². The highest BCUT2D eigenvalue weighted by Gasteiger charge is 2.16. The molecule has 0 saturated carbocycles. The molecule has 6 N–H and O–H groups in total. The zero-order chi connectivity index (χ0) is 21.0. The fourth-order valence-electron chi connectivity index (χ4n) is 3.27. The van der Waals surface area contributed by atoms with Gasteiger partial charge in [0.25, 0.3) is 0 Å². The summed E-state index contributed by atoms with van der Waals surface area (Å²) in [6.07, 6.45) is 5.01. The van der Waals surface area contributed by atoms with Crippen LogP contribution in [0.5, 0.6) is 0 Å². The van der Waals surface area contributed by atoms with Crippen molar-refractivity contribution in [3.05, 3.63) is 96.1 Å². The lowest BCUT2D eigenvalue weighted by atomic mass is 9.99. The number of nitrogens with two attached hydrogens (primary N) is 2. The van der Waals surface area contributed by atoms with Gasteiger partial charge in [-0.2, -0.15) is 0 Å². The number of hydrogen-bond acceptors (Lipinski definition) is 3. The molecule has 1 heterocycles. The van der Waals surface area contributed by atoms with Crippen molar-refractivity contribution in [3.8, 4) is 22.6 Å². The van der Waals surface area contributed by atoms with Crippen LogP contribution >= 0.6 is 0 Å². The quantitative estimate of drug-likeness (QED) is 0.258. The minimum atomic E-state index is -0.0259. The summed E-state index contributed by atoms with van der Waals surface area (Å²) >= 11 is 0. The average Bonchev–Trinajstić information content (AvgIpc) is 3.18. The summed E-state index contributed by atoms with van der Waals surface area (Å²) in [6, 6.07) is 15.2. The SMILES string of the molecule is C=CCc1ccc(-c2ccc(-c3ccc(CC=C)cc3C(=N)N)o2)c(C(=N)N)c1. The lowest BCUT2D eigenvalue weighted by Crippen LogP contribution is -2.13. The van der Waals surface area contributed by atoms with Gasteiger partial charge in [-0.3, -0.25) is 10.8 Å². The van der Waals surface area contributed by atoms with Crippen molar-refractivity contribution in [2.75, 3.05) is 0 Å². The van der Waals surface area contributed by atoms with Gasteiger partial charge < -0.3 is 15.9 Å². The van der Waals surface area contributed by atoms with Gasteiger partial charge >= 0.3 is 0 Å². The molecule has 0 aliphatic carbocycles. The first-order chi connectivity index (χ1) is 13.9. The van der Waals surface area contributed by atoms with Crippen LogP contribution in [-0.2, 0) is 12.8 Å². The number of allylic oxidation sites excluding steroid dienone is 2. The molecule has 0 spiro atoms. The Morgan fingerprint density at radius 2 is 1.17 bits per heavy atom. The van der Waals surface area contributed by atoms with E-state index in [0.29, 0.717) is 35.5 Å². The van der Waals surface area contributed by atoms with Crippen LogP contribution in [0, 0.1) is 10.8 Å². The Labute approximate surface area is 170 Å². The number of nitrogens with one attached hydrogen (secondary N) is 2. The molecular formula is C24H24N4O. The van der Waals surface area contributed by atoms with Crippen molar-refractivity contribution >= 4 is 11.7 Å². The third kappa shape index (κ3) is 4.19. The molecule has 0 radical (unpaired) electrons. The molecule has 0 amide bonds. The molecular weight excluding hydrogens is 360 g/mol. The first-order valence-corrected chi connectivity index (χ1v) is 9.21. The molecule has 29 heavy (non-hydrogen) atoms. The lowest BCUT2D eigenvalue weighted by molar-refractivity contribution is 0.597. The monoisotopic (exact) mass is 384 g/mol. The highest BCUT2D eigenvalue weighted by atomic mass is 16.3. The summed E-state index contributed by atoms with van der Waals surface area (Å²) in [5.41, 5.74) is 16.4. The van der Waals surface area contributed by atoms with Crippen molar-refractivity contribution in [2.45, 2.75) is 12.8 Å². The molecule has 0 aliphatic rings. The van der Waals surface area contributed by atoms with Crippen LogP contribution in [0.1, 0.15) is 22.3 Å². The zero-order valence-electron chi connectivity index (χ0n) is 16.2. The molecule has 0 fully saturated rings. The molecule has 5 heteroatoms. The molecule has 0 aliphatic heterocycles. The highest BCUT2D eigenvalue weighted by molar-refractivity contribution is 6.02. The van der Waals surface area contributed by atoms with Crippen LogP contribution in [0.3, 0.4) is 0 Å². The topological polar surface area (TPSA) is 113 Å². The standard InChI is InChI=1S/C24H24N4O/c1-3-5-15-7-9-17(19(13-15)23(25)26)21-11-12-22(29-21)18-10-8-16(6-4-2)14-20(18)24(27)28/h3-4,7-14H,1-2,5-6H2,(H3,25,26)(H3,27,28). The largest absolute Gasteiger partial charge is 0.456 e. The van der Waals surface area contributed by atoms with Gasteiger partial charge in [-0.05, 0) is 48.2 Å². The maximum Gasteiger partial charge on any atom is 0.135 e. The average molecular weight is 384 g/mol. The number of nitrogen functional groups attached to an aromatic ring is 2. The number of furan rings is 1. The second-order valence-corrected chi connectivity index (χ2v) is 6.74. The van der Waals surface area contributed by atoms with Gasteiger partial charge in [-0.1, -0.05) is 36.4 Å². The third-order valence-corrected chi connectivity index (χ3v) is 4.65. The van der Waals surface area contributed by atoms with Gasteiger partial charge in [0, 0.05) is 22.3 Å². The van der Waals surface area contributed by atoms with E-state index < -0.39 is 0 Å². The zero-order valence-corrected chi connectivity index (χ0v) is 16.2. The second kappa shape index (κ2) is 8.44. The Morgan fingerprint density at radius 1 is 0.759 bits per heavy atom. The van der Waals surface area contributed by atoms with Crippen LogP contribution in [0.15, 0.2) is 78.3 Å². The van der Waals surface area contributed by atoms with E-state index in [1.165, 1.54) is 0 Å². The van der Waals surface area contributed by atoms with Gasteiger partial charge in [0.15, 0.2) is 0 Å². The number of rotatable bonds is 8. The van der Waals surface area contributed by atoms with Crippen molar-refractivity contribution in [2.24, 2.45) is 11.5 Å². The Balaban J connectivity index is 2.06. The molecule has 0 unspecified atom stereocenters. The maximum absolute atomic E-state index is 7.94. The van der Waals surface area contributed by atoms with Crippen LogP contribution < -0.4 is 11.5 Å². The summed E-state index contributed by atoms with van der Waals surface area (Å²) < 4.78 is 6.09. The molecule has 0 bridgehead atoms. The molecule has 5 nitrogen and oxygen atoms in total. The van der Waals surface area contributed by atoms with E-state index in [-0.39, 0.29) is 11.7 Å². The first-order valence-electron chi connectivity index (χ1n) is 9.21. The Morgan fingerprint density at radius 3 is 1.52 bits per heavy atom. The predicted molar refractivity (Wildman–Crippen MR) is 119 cm³/mol. The fraction of sp³-hybridized carbons (Fsp3) is 0.0833. The minimum absolute atomic E-state index is 0.0259. The van der Waals surface area contributed by atoms with E-state index in [4.69, 9.17) is 26.7 Å². The number of amidine groups is 2. The first kappa shape index (κ1) is 19.9. The Kier molecular flexibility index (Phi) is 5.79. The Hall–Kier alpha value is -3.86. The number of hydrogen-bond donors (Lipinski definition) is 4. The third-order valence-electron chi connectivity index (χ3n) is 4.65. The molecule has 0 atom stereocenters. The summed E-state index contributed by atoms with van der Waals surface area (Å²) in [5, 5.41) is 15.9. The normalized spacial score (nSPS) is 10.5. The minimum Gasteiger partial charge on any atom is -0.456 e. The van der Waals surface area contributed by atoms with E-state index in [9.17, 15) is 0 Å². The van der Waals surface area contributed by atoms with E-state index in [1.54, 1.807) is 0 Å². The predicted octanol–water partition coefficient (Wildman–Crippen LogP) is 4.64. The maximum atomic E-state index is 7.94. The van der Waals surface area contributed by atoms with Gasteiger partial charge in [0.05, 0.1) is 0 Å². The van der Waals surface area contributed by atoms with E-state index in [2.05, 4.69) is 13.2 Å². The summed E-state index contributed by atoms with van der Waals surface area (Å²) in [6.45, 7) is 7.50. The van der Waals surface area contributed by atoms with Crippen LogP contribution in [-0.4, -0.2) is 11.7 Å². The summed E-state index contributed by atoms with van der Waals surface area (Å²) in [7, 11) is 0. The molecule has 146 valence electrons. The van der Waals surface area contributed by atoms with Gasteiger partial charge in [0.2, 0.25) is 0 Å². The van der Waals surface area contributed by atoms with Gasteiger partial charge in [-0.15, -0.1) is 13.2 Å². The van der Waals surface area contributed by atoms with E-state index in [1.807, 2.05) is 60.7 Å². The smallest absolute Gasteiger partial charge is 0.135 e. The van der Waals surface area contributed by atoms with Gasteiger partial charge in [-0.25, -0.2) is 0 Å². The van der Waals surface area contributed by atoms with Crippen molar-refractivity contribution in [1.82, 2.24) is 0 Å². The molecule has 0 saturated heterocycles. The molecule has 1 aromatic heterocycles. The summed E-state index contributed by atoms with van der Waals surface area (Å²) in [5.74, 6) is 1.14. The fourth-order valence-corrected chi connectivity index (χ4v) is 3.27. The van der Waals surface area contributed by atoms with Crippen LogP contribution in [0.2, 0.25) is 0 Å². The Bertz CT molecular complexity index is 1020. The van der Waals surface area contributed by atoms with Crippen molar-refractivity contribution in [3.63, 3.8) is 0 Å². The lowest BCUT2D eigenvalue weighted by Gasteiger charge is -2.10. The van der Waals surface area contributed by atoms with Crippen molar-refractivity contribution < 1.29 is 4.42 Å². The van der Waals surface area contributed by atoms with Crippen molar-refractivity contribution in [1.29, 1.82) is 10.8 Å². The number of benzene rings is 2. The molecule has 3 rings (SSSR count). The summed E-state index contributed by atoms with van der Waals surface area (Å²) in [4.78, 5) is 0. The van der Waals surface area contributed by atoms with E-state index >= 15 is 0 Å². The van der Waals surface area contributed by atoms with E-state index in [0.717, 1.165) is 22.3 Å². The molecule has 2 aromatic carbocycles. The second-order valence-electron chi connectivity index (χ2n) is 6.74. The highest BCUT2D eigenvalue weighted by Crippen LogP contribution is 2.33. The van der Waals surface area contributed by atoms with Gasteiger partial charge in [0.1, 0.15) is 23.2 Å². The van der Waals surface area contributed by atoms with Crippen LogP contribution in [0.25, 0.3) is 22.6 Å².